The van der Waals surface area contributed by atoms with Crippen molar-refractivity contribution in [2.75, 3.05) is 10.2 Å². The molecule has 1 aliphatic heterocycles. The molecule has 3 heterocycles. The zero-order chi connectivity index (χ0) is 50.2. The van der Waals surface area contributed by atoms with Crippen molar-refractivity contribution in [2.24, 2.45) is 0 Å². The molecule has 1 radical (unpaired) electrons. The van der Waals surface area contributed by atoms with Gasteiger partial charge in [0.1, 0.15) is 11.2 Å². The van der Waals surface area contributed by atoms with E-state index in [0.29, 0.717) is 0 Å². The van der Waals surface area contributed by atoms with Crippen LogP contribution in [0, 0.1) is 6.92 Å². The molecule has 0 fully saturated rings. The molecule has 3 aliphatic carbocycles. The van der Waals surface area contributed by atoms with Crippen LogP contribution in [0.4, 0.5) is 28.4 Å². The first-order chi connectivity index (χ1) is 34.0. The van der Waals surface area contributed by atoms with Crippen LogP contribution in [-0.4, -0.2) is 7.28 Å². The Morgan fingerprint density at radius 1 is 0.514 bits per heavy atom. The summed E-state index contributed by atoms with van der Waals surface area (Å²) in [5.41, 5.74) is 23.3. The monoisotopic (exact) mass is 962 g/mol. The number of para-hydroxylation sites is 1. The van der Waals surface area contributed by atoms with Gasteiger partial charge in [0.15, 0.2) is 7.28 Å². The minimum atomic E-state index is 0.00476. The first-order valence-electron chi connectivity index (χ1n) is 26.9. The Hall–Kier alpha value is -5.78. The van der Waals surface area contributed by atoms with E-state index in [9.17, 15) is 0 Å². The second-order valence-corrected chi connectivity index (χ2v) is 27.5. The third kappa shape index (κ3) is 6.74. The van der Waals surface area contributed by atoms with Gasteiger partial charge in [0.05, 0.1) is 11.1 Å². The number of aryl methyl sites for hydroxylation is 1. The lowest BCUT2D eigenvalue weighted by Crippen LogP contribution is -2.41. The van der Waals surface area contributed by atoms with Crippen molar-refractivity contribution in [3.63, 3.8) is 0 Å². The molecule has 3 nitrogen and oxygen atoms in total. The lowest BCUT2D eigenvalue weighted by atomic mass is 9.57. The number of hydrogen-bond acceptors (Lipinski definition) is 4. The summed E-state index contributed by atoms with van der Waals surface area (Å²) in [5.74, 6) is 0. The number of fused-ring (bicyclic) bond motifs is 12. The fraction of sp³-hybridized carbons (Fsp3) is 0.373. The standard InChI is InChI=1S/C67H70BN2OS/c1-38-32-45-49(67(12,13)31-28-63(45,4)5)37-52(38)70-53-35-42-40-18-15-17-21-56(40)72-61(42)58(59(53)68-50-24-25-55-57(60(50)70)41-19-14-16-20-54(41)71-55)43-34-47-48(66(10,11)30-29-65(47,8)9)36-51(43)69-39-22-23-44-46(33-39)64(6,7)27-26-62(44,2)3/h14-25,32-37,69H,26-31H2,1-13H3. The zero-order valence-corrected chi connectivity index (χ0v) is 45.8. The highest BCUT2D eigenvalue weighted by Crippen LogP contribution is 2.56. The third-order valence-electron chi connectivity index (χ3n) is 18.8. The maximum Gasteiger partial charge on any atom is 0.197 e. The Morgan fingerprint density at radius 2 is 1.08 bits per heavy atom. The molecule has 13 rings (SSSR count). The second kappa shape index (κ2) is 15.2. The maximum absolute atomic E-state index is 6.75. The Bertz CT molecular complexity index is 3800. The summed E-state index contributed by atoms with van der Waals surface area (Å²) in [5, 5.41) is 9.15. The molecule has 72 heavy (non-hydrogen) atoms. The predicted octanol–water partition coefficient (Wildman–Crippen LogP) is 18.2. The van der Waals surface area contributed by atoms with Crippen LogP contribution in [0.2, 0.25) is 0 Å². The molecule has 0 amide bonds. The minimum absolute atomic E-state index is 0.00476. The third-order valence-corrected chi connectivity index (χ3v) is 20.0. The summed E-state index contributed by atoms with van der Waals surface area (Å²) in [6, 6.07) is 42.5. The van der Waals surface area contributed by atoms with Gasteiger partial charge >= 0.3 is 0 Å². The molecular weight excluding hydrogens is 892 g/mol. The number of rotatable bonds is 4. The molecule has 363 valence electrons. The smallest absolute Gasteiger partial charge is 0.197 e. The molecule has 0 saturated carbocycles. The molecule has 2 aromatic heterocycles. The number of thiophene rings is 1. The van der Waals surface area contributed by atoms with Gasteiger partial charge in [-0.3, -0.25) is 0 Å². The van der Waals surface area contributed by atoms with E-state index in [0.717, 1.165) is 46.9 Å². The molecule has 4 aliphatic rings. The van der Waals surface area contributed by atoms with Crippen LogP contribution in [0.15, 0.2) is 114 Å². The molecule has 0 bridgehead atoms. The Balaban J connectivity index is 1.15. The molecule has 9 aromatic rings. The SMILES string of the molecule is Cc1cc2c(cc1N1c3cc4c(sc5ccccc54)c(-c4cc5c(cc4Nc4ccc6c(c4)C(C)(C)CCC6(C)C)C(C)(C)CCC5(C)C)c3[B]c3ccc4oc5ccccc5c4c31)C(C)(C)CCC2(C)C. The van der Waals surface area contributed by atoms with Crippen molar-refractivity contribution in [1.29, 1.82) is 0 Å². The molecule has 0 saturated heterocycles. The normalized spacial score (nSPS) is 19.6. The highest BCUT2D eigenvalue weighted by molar-refractivity contribution is 7.26. The van der Waals surface area contributed by atoms with E-state index in [2.05, 4.69) is 217 Å². The van der Waals surface area contributed by atoms with Gasteiger partial charge in [-0.1, -0.05) is 143 Å². The van der Waals surface area contributed by atoms with Gasteiger partial charge in [0, 0.05) is 53.9 Å². The van der Waals surface area contributed by atoms with E-state index in [1.54, 1.807) is 0 Å². The number of hydrogen-bond donors (Lipinski definition) is 1. The van der Waals surface area contributed by atoms with Gasteiger partial charge < -0.3 is 14.6 Å². The van der Waals surface area contributed by atoms with Crippen molar-refractivity contribution in [1.82, 2.24) is 0 Å². The number of nitrogens with zero attached hydrogens (tertiary/aromatic N) is 1. The van der Waals surface area contributed by atoms with E-state index in [-0.39, 0.29) is 32.5 Å². The lowest BCUT2D eigenvalue weighted by Gasteiger charge is -2.44. The van der Waals surface area contributed by atoms with Crippen LogP contribution in [0.1, 0.15) is 161 Å². The molecule has 7 aromatic carbocycles. The lowest BCUT2D eigenvalue weighted by molar-refractivity contribution is 0.332. The average molecular weight is 962 g/mol. The molecule has 1 N–H and O–H groups in total. The highest BCUT2D eigenvalue weighted by Gasteiger charge is 2.43. The van der Waals surface area contributed by atoms with Gasteiger partial charge in [0.2, 0.25) is 0 Å². The van der Waals surface area contributed by atoms with Crippen molar-refractivity contribution < 1.29 is 4.42 Å². The van der Waals surface area contributed by atoms with Gasteiger partial charge in [-0.15, -0.1) is 11.3 Å². The van der Waals surface area contributed by atoms with E-state index in [1.165, 1.54) is 123 Å². The summed E-state index contributed by atoms with van der Waals surface area (Å²) in [4.78, 5) is 2.67. The molecule has 0 spiro atoms. The summed E-state index contributed by atoms with van der Waals surface area (Å²) >= 11 is 1.95. The van der Waals surface area contributed by atoms with E-state index in [1.807, 2.05) is 11.3 Å². The van der Waals surface area contributed by atoms with E-state index < -0.39 is 0 Å². The second-order valence-electron chi connectivity index (χ2n) is 26.4. The quantitative estimate of drug-likeness (QED) is 0.178. The molecule has 0 atom stereocenters. The van der Waals surface area contributed by atoms with Crippen LogP contribution in [0.3, 0.4) is 0 Å². The van der Waals surface area contributed by atoms with Gasteiger partial charge in [-0.25, -0.2) is 0 Å². The van der Waals surface area contributed by atoms with Crippen LogP contribution in [0.25, 0.3) is 53.2 Å². The Labute approximate surface area is 432 Å². The van der Waals surface area contributed by atoms with Gasteiger partial charge in [-0.2, -0.15) is 0 Å². The van der Waals surface area contributed by atoms with Crippen molar-refractivity contribution in [2.45, 2.75) is 161 Å². The largest absolute Gasteiger partial charge is 0.456 e. The number of benzene rings is 7. The van der Waals surface area contributed by atoms with Crippen LogP contribution >= 0.6 is 11.3 Å². The maximum atomic E-state index is 6.75. The molecule has 0 unspecified atom stereocenters. The van der Waals surface area contributed by atoms with Gasteiger partial charge in [-0.05, 0) is 183 Å². The van der Waals surface area contributed by atoms with Gasteiger partial charge in [0.25, 0.3) is 0 Å². The topological polar surface area (TPSA) is 28.4 Å². The summed E-state index contributed by atoms with van der Waals surface area (Å²) < 4.78 is 9.40. The van der Waals surface area contributed by atoms with Crippen LogP contribution < -0.4 is 21.1 Å². The van der Waals surface area contributed by atoms with Crippen molar-refractivity contribution in [3.8, 4) is 11.1 Å². The first kappa shape index (κ1) is 46.0. The fourth-order valence-electron chi connectivity index (χ4n) is 13.9. The van der Waals surface area contributed by atoms with Crippen LogP contribution in [0.5, 0.6) is 0 Å². The fourth-order valence-corrected chi connectivity index (χ4v) is 15.1. The zero-order valence-electron chi connectivity index (χ0n) is 45.0. The minimum Gasteiger partial charge on any atom is -0.456 e. The summed E-state index contributed by atoms with van der Waals surface area (Å²) in [6.07, 6.45) is 7.00. The van der Waals surface area contributed by atoms with E-state index >= 15 is 0 Å². The van der Waals surface area contributed by atoms with E-state index in [4.69, 9.17) is 4.42 Å². The Kier molecular flexibility index (Phi) is 9.69. The Morgan fingerprint density at radius 3 is 1.76 bits per heavy atom. The van der Waals surface area contributed by atoms with Crippen LogP contribution in [-0.2, 0) is 32.5 Å². The summed E-state index contributed by atoms with van der Waals surface area (Å²) in [6.45, 7) is 31.8. The average Bonchev–Trinajstić information content (AvgIpc) is 3.91. The van der Waals surface area contributed by atoms with Crippen molar-refractivity contribution >= 4 is 100 Å². The number of nitrogens with one attached hydrogen (secondary N) is 1. The first-order valence-corrected chi connectivity index (χ1v) is 27.7. The van der Waals surface area contributed by atoms with Crippen molar-refractivity contribution in [3.05, 3.63) is 148 Å². The number of furan rings is 1. The molecular formula is C67H70BN2OS. The molecule has 5 heteroatoms. The summed E-state index contributed by atoms with van der Waals surface area (Å²) in [7, 11) is 2.53. The predicted molar refractivity (Wildman–Crippen MR) is 312 cm³/mol. The number of anilines is 5. The highest BCUT2D eigenvalue weighted by atomic mass is 32.1.